The minimum absolute atomic E-state index is 0.0678. The first kappa shape index (κ1) is 26.1. The monoisotopic (exact) mass is 538 g/mol. The lowest BCUT2D eigenvalue weighted by Gasteiger charge is -2.32. The molecular weight excluding hydrogens is 504 g/mol. The molecule has 2 aliphatic rings. The number of aryl methyl sites for hydroxylation is 2. The number of rotatable bonds is 7. The van der Waals surface area contributed by atoms with Crippen LogP contribution >= 0.6 is 22.9 Å². The Hall–Kier alpha value is -2.52. The van der Waals surface area contributed by atoms with Crippen LogP contribution < -0.4 is 5.32 Å². The zero-order valence-electron chi connectivity index (χ0n) is 22.1. The molecule has 0 spiro atoms. The van der Waals surface area contributed by atoms with E-state index < -0.39 is 0 Å². The van der Waals surface area contributed by atoms with E-state index in [9.17, 15) is 4.79 Å². The zero-order valence-corrected chi connectivity index (χ0v) is 23.6. The Bertz CT molecular complexity index is 1300. The van der Waals surface area contributed by atoms with Gasteiger partial charge in [0.15, 0.2) is 0 Å². The van der Waals surface area contributed by atoms with Crippen LogP contribution in [0.4, 0.5) is 0 Å². The molecule has 1 saturated heterocycles. The van der Waals surface area contributed by atoms with Crippen LogP contribution in [-0.4, -0.2) is 77.3 Å². The molecule has 196 valence electrons. The maximum absolute atomic E-state index is 12.8. The van der Waals surface area contributed by atoms with Crippen LogP contribution in [0.1, 0.15) is 52.0 Å². The van der Waals surface area contributed by atoms with Gasteiger partial charge in [-0.1, -0.05) is 23.7 Å². The molecule has 37 heavy (non-hydrogen) atoms. The average molecular weight is 539 g/mol. The van der Waals surface area contributed by atoms with E-state index in [1.54, 1.807) is 11.3 Å². The summed E-state index contributed by atoms with van der Waals surface area (Å²) in [6, 6.07) is 7.55. The summed E-state index contributed by atoms with van der Waals surface area (Å²) in [6.07, 6.45) is 3.28. The van der Waals surface area contributed by atoms with Gasteiger partial charge in [-0.3, -0.25) is 14.4 Å². The Morgan fingerprint density at radius 3 is 2.59 bits per heavy atom. The number of carbonyl (C=O) groups excluding carboxylic acids is 1. The number of likely N-dealkylation sites (N-methyl/N-ethyl adjacent to an activating group) is 1. The number of amides is 1. The van der Waals surface area contributed by atoms with Gasteiger partial charge in [0, 0.05) is 72.1 Å². The SMILES string of the molecule is Cc1sc2c(c1C)C(c1ccc(Cl)cc1)=NC(CNC(=O)CCCN1CCN(C)CC1)c1ncc(C)n1-2. The number of nitrogens with one attached hydrogen (secondary N) is 1. The minimum Gasteiger partial charge on any atom is -0.353 e. The minimum atomic E-state index is -0.291. The highest BCUT2D eigenvalue weighted by atomic mass is 35.5. The van der Waals surface area contributed by atoms with Gasteiger partial charge < -0.3 is 15.1 Å². The van der Waals surface area contributed by atoms with E-state index in [2.05, 4.69) is 47.5 Å². The van der Waals surface area contributed by atoms with Crippen LogP contribution in [0.15, 0.2) is 35.5 Å². The molecule has 3 aromatic rings. The predicted octanol–water partition coefficient (Wildman–Crippen LogP) is 4.55. The van der Waals surface area contributed by atoms with Gasteiger partial charge >= 0.3 is 0 Å². The number of aliphatic imine (C=N–C) groups is 1. The Labute approximate surface area is 228 Å². The van der Waals surface area contributed by atoms with E-state index in [0.29, 0.717) is 18.0 Å². The van der Waals surface area contributed by atoms with E-state index in [4.69, 9.17) is 21.6 Å². The Balaban J connectivity index is 1.37. The van der Waals surface area contributed by atoms with Crippen LogP contribution in [0.2, 0.25) is 5.02 Å². The number of halogens is 1. The van der Waals surface area contributed by atoms with Gasteiger partial charge in [-0.25, -0.2) is 4.98 Å². The number of benzene rings is 1. The smallest absolute Gasteiger partial charge is 0.220 e. The zero-order chi connectivity index (χ0) is 26.1. The van der Waals surface area contributed by atoms with Crippen molar-refractivity contribution in [1.82, 2.24) is 24.7 Å². The number of piperazine rings is 1. The molecule has 0 radical (unpaired) electrons. The van der Waals surface area contributed by atoms with Crippen molar-refractivity contribution in [2.75, 3.05) is 46.3 Å². The summed E-state index contributed by atoms with van der Waals surface area (Å²) >= 11 is 7.97. The lowest BCUT2D eigenvalue weighted by molar-refractivity contribution is -0.121. The molecule has 0 bridgehead atoms. The second kappa shape index (κ2) is 11.1. The Morgan fingerprint density at radius 2 is 1.86 bits per heavy atom. The molecule has 1 fully saturated rings. The first-order valence-electron chi connectivity index (χ1n) is 13.0. The molecule has 1 amide bonds. The van der Waals surface area contributed by atoms with Crippen LogP contribution in [0.3, 0.4) is 0 Å². The molecule has 0 saturated carbocycles. The molecule has 2 aliphatic heterocycles. The number of thiophene rings is 1. The number of imidazole rings is 1. The topological polar surface area (TPSA) is 65.8 Å². The first-order chi connectivity index (χ1) is 17.8. The highest BCUT2D eigenvalue weighted by Gasteiger charge is 2.30. The summed E-state index contributed by atoms with van der Waals surface area (Å²) < 4.78 is 2.22. The summed E-state index contributed by atoms with van der Waals surface area (Å²) in [5.74, 6) is 0.931. The molecule has 2 aromatic heterocycles. The van der Waals surface area contributed by atoms with Crippen molar-refractivity contribution in [3.05, 3.63) is 68.6 Å². The van der Waals surface area contributed by atoms with Crippen molar-refractivity contribution in [1.29, 1.82) is 0 Å². The molecular formula is C28H35ClN6OS. The van der Waals surface area contributed by atoms with E-state index in [1.807, 2.05) is 30.5 Å². The quantitative estimate of drug-likeness (QED) is 0.479. The van der Waals surface area contributed by atoms with Crippen molar-refractivity contribution in [2.45, 2.75) is 39.7 Å². The van der Waals surface area contributed by atoms with Crippen molar-refractivity contribution in [3.8, 4) is 5.00 Å². The third kappa shape index (κ3) is 5.53. The Morgan fingerprint density at radius 1 is 1.14 bits per heavy atom. The summed E-state index contributed by atoms with van der Waals surface area (Å²) in [5.41, 5.74) is 5.36. The summed E-state index contributed by atoms with van der Waals surface area (Å²) in [7, 11) is 2.16. The molecule has 9 heteroatoms. The van der Waals surface area contributed by atoms with Gasteiger partial charge in [-0.2, -0.15) is 0 Å². The molecule has 1 aromatic carbocycles. The van der Waals surface area contributed by atoms with Crippen LogP contribution in [0, 0.1) is 20.8 Å². The van der Waals surface area contributed by atoms with Gasteiger partial charge in [0.1, 0.15) is 16.9 Å². The fraction of sp³-hybridized carbons (Fsp3) is 0.464. The van der Waals surface area contributed by atoms with Crippen LogP contribution in [-0.2, 0) is 4.79 Å². The maximum Gasteiger partial charge on any atom is 0.220 e. The third-order valence-electron chi connectivity index (χ3n) is 7.44. The van der Waals surface area contributed by atoms with Gasteiger partial charge in [-0.15, -0.1) is 11.3 Å². The van der Waals surface area contributed by atoms with E-state index in [0.717, 1.165) is 72.5 Å². The molecule has 4 heterocycles. The van der Waals surface area contributed by atoms with Crippen molar-refractivity contribution < 1.29 is 4.79 Å². The number of carbonyl (C=O) groups is 1. The lowest BCUT2D eigenvalue weighted by Crippen LogP contribution is -2.44. The Kier molecular flexibility index (Phi) is 7.81. The summed E-state index contributed by atoms with van der Waals surface area (Å²) in [5, 5.41) is 4.99. The molecule has 7 nitrogen and oxygen atoms in total. The average Bonchev–Trinajstić information content (AvgIpc) is 3.35. The number of nitrogens with zero attached hydrogens (tertiary/aromatic N) is 5. The van der Waals surface area contributed by atoms with Gasteiger partial charge in [0.2, 0.25) is 5.91 Å². The third-order valence-corrected chi connectivity index (χ3v) is 8.88. The maximum atomic E-state index is 12.8. The molecule has 5 rings (SSSR count). The largest absolute Gasteiger partial charge is 0.353 e. The van der Waals surface area contributed by atoms with E-state index >= 15 is 0 Å². The van der Waals surface area contributed by atoms with Crippen molar-refractivity contribution in [2.24, 2.45) is 4.99 Å². The fourth-order valence-corrected chi connectivity index (χ4v) is 6.43. The molecule has 1 N–H and O–H groups in total. The highest BCUT2D eigenvalue weighted by molar-refractivity contribution is 7.15. The number of hydrogen-bond acceptors (Lipinski definition) is 6. The second-order valence-electron chi connectivity index (χ2n) is 10.1. The first-order valence-corrected chi connectivity index (χ1v) is 14.2. The molecule has 1 unspecified atom stereocenters. The normalized spacial score (nSPS) is 18.2. The van der Waals surface area contributed by atoms with Crippen molar-refractivity contribution >= 4 is 34.6 Å². The fourth-order valence-electron chi connectivity index (χ4n) is 5.08. The standard InChI is InChI=1S/C28H35ClN6OS/c1-18-16-31-27-23(17-30-24(36)6-5-11-34-14-12-33(4)13-15-34)32-26(21-7-9-22(29)10-8-21)25-19(2)20(3)37-28(25)35(18)27/h7-10,16,23H,5-6,11-15,17H2,1-4H3,(H,30,36). The molecule has 0 aliphatic carbocycles. The molecule has 1 atom stereocenters. The second-order valence-corrected chi connectivity index (χ2v) is 11.7. The number of hydrogen-bond donors (Lipinski definition) is 1. The van der Waals surface area contributed by atoms with Gasteiger partial charge in [0.05, 0.1) is 5.71 Å². The number of aromatic nitrogens is 2. The van der Waals surface area contributed by atoms with E-state index in [-0.39, 0.29) is 11.9 Å². The van der Waals surface area contributed by atoms with Crippen molar-refractivity contribution in [3.63, 3.8) is 0 Å². The summed E-state index contributed by atoms with van der Waals surface area (Å²) in [6.45, 7) is 12.1. The van der Waals surface area contributed by atoms with Gasteiger partial charge in [0.25, 0.3) is 0 Å². The predicted molar refractivity (Wildman–Crippen MR) is 152 cm³/mol. The number of fused-ring (bicyclic) bond motifs is 3. The van der Waals surface area contributed by atoms with E-state index in [1.165, 1.54) is 10.4 Å². The van der Waals surface area contributed by atoms with Gasteiger partial charge in [-0.05, 0) is 58.5 Å². The lowest BCUT2D eigenvalue weighted by atomic mass is 10.00. The summed E-state index contributed by atoms with van der Waals surface area (Å²) in [4.78, 5) is 28.9. The van der Waals surface area contributed by atoms with Crippen LogP contribution in [0.25, 0.3) is 5.00 Å². The van der Waals surface area contributed by atoms with Crippen LogP contribution in [0.5, 0.6) is 0 Å². The highest BCUT2D eigenvalue weighted by Crippen LogP contribution is 2.39.